The first kappa shape index (κ1) is 12.8. The summed E-state index contributed by atoms with van der Waals surface area (Å²) >= 11 is 0. The van der Waals surface area contributed by atoms with Crippen molar-refractivity contribution in [1.29, 1.82) is 0 Å². The summed E-state index contributed by atoms with van der Waals surface area (Å²) in [6.45, 7) is 7.37. The predicted octanol–water partition coefficient (Wildman–Crippen LogP) is 3.45. The van der Waals surface area contributed by atoms with Gasteiger partial charge in [-0.25, -0.2) is 0 Å². The maximum absolute atomic E-state index is 4.40. The first-order valence-electron chi connectivity index (χ1n) is 6.60. The maximum Gasteiger partial charge on any atom is 0.0924 e. The van der Waals surface area contributed by atoms with Crippen molar-refractivity contribution in [1.82, 2.24) is 15.5 Å². The van der Waals surface area contributed by atoms with Crippen LogP contribution in [0, 0.1) is 6.92 Å². The third-order valence-electron chi connectivity index (χ3n) is 3.18. The molecule has 0 aliphatic rings. The first-order chi connectivity index (χ1) is 8.74. The zero-order valence-corrected chi connectivity index (χ0v) is 11.3. The first-order valence-corrected chi connectivity index (χ1v) is 6.60. The average molecular weight is 243 g/mol. The molecule has 0 bridgehead atoms. The number of hydrogen-bond donors (Lipinski definition) is 2. The van der Waals surface area contributed by atoms with Crippen LogP contribution in [-0.2, 0) is 0 Å². The summed E-state index contributed by atoms with van der Waals surface area (Å²) in [5.41, 5.74) is 4.61. The second kappa shape index (κ2) is 5.83. The fourth-order valence-electron chi connectivity index (χ4n) is 2.11. The van der Waals surface area contributed by atoms with E-state index in [9.17, 15) is 0 Å². The lowest BCUT2D eigenvalue weighted by molar-refractivity contribution is 0.523. The summed E-state index contributed by atoms with van der Waals surface area (Å²) in [5, 5.41) is 11.0. The molecule has 96 valence electrons. The summed E-state index contributed by atoms with van der Waals surface area (Å²) < 4.78 is 0. The minimum atomic E-state index is 0.363. The Labute approximate surface area is 109 Å². The van der Waals surface area contributed by atoms with Gasteiger partial charge in [0.1, 0.15) is 0 Å². The Morgan fingerprint density at radius 2 is 1.94 bits per heavy atom. The molecule has 1 unspecified atom stereocenters. The highest BCUT2D eigenvalue weighted by atomic mass is 15.1. The fraction of sp³-hybridized carbons (Fsp3) is 0.400. The van der Waals surface area contributed by atoms with Gasteiger partial charge in [0.05, 0.1) is 11.4 Å². The lowest BCUT2D eigenvalue weighted by Crippen LogP contribution is -2.20. The van der Waals surface area contributed by atoms with Gasteiger partial charge >= 0.3 is 0 Å². The smallest absolute Gasteiger partial charge is 0.0924 e. The van der Waals surface area contributed by atoms with Crippen LogP contribution >= 0.6 is 0 Å². The number of aromatic amines is 1. The van der Waals surface area contributed by atoms with Crippen molar-refractivity contribution in [2.75, 3.05) is 6.54 Å². The molecule has 2 N–H and O–H groups in total. The van der Waals surface area contributed by atoms with Gasteiger partial charge in [0.15, 0.2) is 0 Å². The molecule has 0 spiro atoms. The number of aromatic nitrogens is 2. The lowest BCUT2D eigenvalue weighted by Gasteiger charge is -2.12. The number of hydrogen-bond acceptors (Lipinski definition) is 2. The minimum absolute atomic E-state index is 0.363. The molecule has 0 radical (unpaired) electrons. The van der Waals surface area contributed by atoms with Crippen LogP contribution in [0.1, 0.15) is 37.6 Å². The monoisotopic (exact) mass is 243 g/mol. The molecule has 0 aliphatic carbocycles. The van der Waals surface area contributed by atoms with Gasteiger partial charge in [-0.15, -0.1) is 0 Å². The third kappa shape index (κ3) is 2.79. The van der Waals surface area contributed by atoms with Crippen molar-refractivity contribution in [2.45, 2.75) is 33.2 Å². The van der Waals surface area contributed by atoms with E-state index in [1.165, 1.54) is 5.56 Å². The highest BCUT2D eigenvalue weighted by Gasteiger charge is 2.11. The van der Waals surface area contributed by atoms with E-state index in [2.05, 4.69) is 66.6 Å². The van der Waals surface area contributed by atoms with Gasteiger partial charge in [-0.05, 0) is 26.0 Å². The molecule has 1 aromatic heterocycles. The topological polar surface area (TPSA) is 40.7 Å². The molecule has 18 heavy (non-hydrogen) atoms. The summed E-state index contributed by atoms with van der Waals surface area (Å²) in [6, 6.07) is 11.0. The Morgan fingerprint density at radius 1 is 1.22 bits per heavy atom. The van der Waals surface area contributed by atoms with Gasteiger partial charge in [-0.3, -0.25) is 5.10 Å². The quantitative estimate of drug-likeness (QED) is 0.844. The molecule has 2 aromatic rings. The van der Waals surface area contributed by atoms with E-state index in [0.717, 1.165) is 29.9 Å². The Kier molecular flexibility index (Phi) is 4.15. The van der Waals surface area contributed by atoms with E-state index < -0.39 is 0 Å². The van der Waals surface area contributed by atoms with Crippen LogP contribution < -0.4 is 5.32 Å². The predicted molar refractivity (Wildman–Crippen MR) is 75.5 cm³/mol. The van der Waals surface area contributed by atoms with Crippen LogP contribution in [0.25, 0.3) is 11.3 Å². The molecule has 0 saturated carbocycles. The molecule has 0 saturated heterocycles. The average Bonchev–Trinajstić information content (AvgIpc) is 2.86. The molecule has 1 aromatic carbocycles. The van der Waals surface area contributed by atoms with Crippen LogP contribution in [0.15, 0.2) is 30.3 Å². The number of nitrogens with zero attached hydrogens (tertiary/aromatic N) is 1. The molecule has 3 nitrogen and oxygen atoms in total. The van der Waals surface area contributed by atoms with Crippen LogP contribution in [0.5, 0.6) is 0 Å². The number of aryl methyl sites for hydroxylation is 1. The van der Waals surface area contributed by atoms with Crippen molar-refractivity contribution in [2.24, 2.45) is 0 Å². The summed E-state index contributed by atoms with van der Waals surface area (Å²) in [4.78, 5) is 0. The normalized spacial score (nSPS) is 12.6. The Morgan fingerprint density at radius 3 is 2.56 bits per heavy atom. The Bertz CT molecular complexity index is 485. The molecule has 0 fully saturated rings. The Balaban J connectivity index is 2.21. The number of benzene rings is 1. The lowest BCUT2D eigenvalue weighted by atomic mass is 10.1. The van der Waals surface area contributed by atoms with Gasteiger partial charge in [0.25, 0.3) is 0 Å². The summed E-state index contributed by atoms with van der Waals surface area (Å²) in [6.07, 6.45) is 1.06. The molecule has 2 rings (SSSR count). The third-order valence-corrected chi connectivity index (χ3v) is 3.18. The van der Waals surface area contributed by atoms with Crippen LogP contribution in [0.4, 0.5) is 0 Å². The van der Waals surface area contributed by atoms with Gasteiger partial charge in [-0.1, -0.05) is 43.7 Å². The largest absolute Gasteiger partial charge is 0.309 e. The van der Waals surface area contributed by atoms with E-state index in [1.54, 1.807) is 0 Å². The molecule has 1 atom stereocenters. The van der Waals surface area contributed by atoms with E-state index >= 15 is 0 Å². The Hall–Kier alpha value is -1.61. The van der Waals surface area contributed by atoms with Crippen molar-refractivity contribution in [3.05, 3.63) is 41.6 Å². The van der Waals surface area contributed by atoms with Crippen molar-refractivity contribution >= 4 is 0 Å². The minimum Gasteiger partial charge on any atom is -0.309 e. The zero-order chi connectivity index (χ0) is 13.0. The second-order valence-corrected chi connectivity index (χ2v) is 4.59. The highest BCUT2D eigenvalue weighted by Crippen LogP contribution is 2.22. The molecule has 0 amide bonds. The fourth-order valence-corrected chi connectivity index (χ4v) is 2.11. The van der Waals surface area contributed by atoms with E-state index in [-0.39, 0.29) is 0 Å². The highest BCUT2D eigenvalue weighted by molar-refractivity contribution is 5.59. The number of nitrogens with one attached hydrogen (secondary N) is 2. The second-order valence-electron chi connectivity index (χ2n) is 4.59. The SMILES string of the molecule is CCNC(CC)c1cc(-c2ccc(C)cc2)n[nH]1. The van der Waals surface area contributed by atoms with Gasteiger partial charge < -0.3 is 5.32 Å². The number of rotatable bonds is 5. The molecule has 1 heterocycles. The standard InChI is InChI=1S/C15H21N3/c1-4-13(16-5-2)15-10-14(17-18-15)12-8-6-11(3)7-9-12/h6-10,13,16H,4-5H2,1-3H3,(H,17,18). The maximum atomic E-state index is 4.40. The summed E-state index contributed by atoms with van der Waals surface area (Å²) in [5.74, 6) is 0. The van der Waals surface area contributed by atoms with E-state index in [0.29, 0.717) is 6.04 Å². The molecule has 0 aliphatic heterocycles. The van der Waals surface area contributed by atoms with Gasteiger partial charge in [-0.2, -0.15) is 5.10 Å². The van der Waals surface area contributed by atoms with Crippen LogP contribution in [-0.4, -0.2) is 16.7 Å². The zero-order valence-electron chi connectivity index (χ0n) is 11.3. The van der Waals surface area contributed by atoms with Gasteiger partial charge in [0.2, 0.25) is 0 Å². The van der Waals surface area contributed by atoms with E-state index in [4.69, 9.17) is 0 Å². The molecule has 3 heteroatoms. The van der Waals surface area contributed by atoms with E-state index in [1.807, 2.05) is 0 Å². The molecular formula is C15H21N3. The molecular weight excluding hydrogens is 222 g/mol. The van der Waals surface area contributed by atoms with Crippen molar-refractivity contribution < 1.29 is 0 Å². The van der Waals surface area contributed by atoms with Gasteiger partial charge in [0, 0.05) is 11.6 Å². The van der Waals surface area contributed by atoms with Crippen molar-refractivity contribution in [3.8, 4) is 11.3 Å². The van der Waals surface area contributed by atoms with Crippen LogP contribution in [0.3, 0.4) is 0 Å². The number of H-pyrrole nitrogens is 1. The van der Waals surface area contributed by atoms with Crippen LogP contribution in [0.2, 0.25) is 0 Å². The van der Waals surface area contributed by atoms with Crippen molar-refractivity contribution in [3.63, 3.8) is 0 Å². The summed E-state index contributed by atoms with van der Waals surface area (Å²) in [7, 11) is 0.